The number of rotatable bonds is 4. The fourth-order valence-electron chi connectivity index (χ4n) is 8.41. The minimum Gasteiger partial charge on any atom is -0.393 e. The summed E-state index contributed by atoms with van der Waals surface area (Å²) < 4.78 is 0. The first kappa shape index (κ1) is 20.0. The molecule has 4 aliphatic rings. The summed E-state index contributed by atoms with van der Waals surface area (Å²) in [5, 5.41) is 10.2. The molecule has 27 heavy (non-hydrogen) atoms. The van der Waals surface area contributed by atoms with Crippen LogP contribution < -0.4 is 0 Å². The maximum atomic E-state index is 10.2. The van der Waals surface area contributed by atoms with Gasteiger partial charge in [0.05, 0.1) is 6.10 Å². The average Bonchev–Trinajstić information content (AvgIpc) is 2.97. The van der Waals surface area contributed by atoms with Gasteiger partial charge in [-0.05, 0) is 97.7 Å². The van der Waals surface area contributed by atoms with E-state index in [-0.39, 0.29) is 6.10 Å². The number of hydrogen-bond acceptors (Lipinski definition) is 1. The first-order chi connectivity index (χ1) is 12.8. The lowest BCUT2D eigenvalue weighted by Gasteiger charge is -2.58. The molecule has 0 aromatic rings. The Kier molecular flexibility index (Phi) is 5.32. The van der Waals surface area contributed by atoms with Gasteiger partial charge in [0.2, 0.25) is 0 Å². The van der Waals surface area contributed by atoms with Gasteiger partial charge in [0.1, 0.15) is 0 Å². The Morgan fingerprint density at radius 2 is 1.78 bits per heavy atom. The summed E-state index contributed by atoms with van der Waals surface area (Å²) in [5.74, 6) is 5.44. The van der Waals surface area contributed by atoms with Crippen molar-refractivity contribution < 1.29 is 5.11 Å². The zero-order chi connectivity index (χ0) is 19.4. The smallest absolute Gasteiger partial charge is 0.0577 e. The van der Waals surface area contributed by atoms with Gasteiger partial charge in [-0.3, -0.25) is 0 Å². The Balaban J connectivity index is 1.53. The third-order valence-corrected chi connectivity index (χ3v) is 10.0. The number of allylic oxidation sites excluding steroid dienone is 1. The number of hydrogen-bond donors (Lipinski definition) is 1. The van der Waals surface area contributed by atoms with E-state index in [9.17, 15) is 5.11 Å². The van der Waals surface area contributed by atoms with Crippen LogP contribution in [0.15, 0.2) is 11.6 Å². The molecule has 3 fully saturated rings. The molecule has 8 unspecified atom stereocenters. The summed E-state index contributed by atoms with van der Waals surface area (Å²) in [4.78, 5) is 0. The Labute approximate surface area is 168 Å². The van der Waals surface area contributed by atoms with E-state index in [1.165, 1.54) is 51.4 Å². The summed E-state index contributed by atoms with van der Waals surface area (Å²) >= 11 is 0. The zero-order valence-corrected chi connectivity index (χ0v) is 18.6. The highest BCUT2D eigenvalue weighted by Crippen LogP contribution is 2.67. The lowest BCUT2D eigenvalue weighted by molar-refractivity contribution is -0.0574. The quantitative estimate of drug-likeness (QED) is 0.527. The third-order valence-electron chi connectivity index (χ3n) is 10.0. The number of aliphatic hydroxyl groups is 1. The van der Waals surface area contributed by atoms with Crippen LogP contribution in [0.25, 0.3) is 0 Å². The second-order valence-electron chi connectivity index (χ2n) is 11.8. The van der Waals surface area contributed by atoms with Crippen LogP contribution in [0, 0.1) is 46.3 Å². The molecule has 0 heterocycles. The highest BCUT2D eigenvalue weighted by atomic mass is 16.3. The Bertz CT molecular complexity index is 577. The van der Waals surface area contributed by atoms with Gasteiger partial charge in [-0.2, -0.15) is 0 Å². The van der Waals surface area contributed by atoms with Crippen LogP contribution in [0.2, 0.25) is 0 Å². The van der Waals surface area contributed by atoms with Gasteiger partial charge in [-0.25, -0.2) is 0 Å². The average molecular weight is 373 g/mol. The van der Waals surface area contributed by atoms with Crippen molar-refractivity contribution in [1.29, 1.82) is 0 Å². The van der Waals surface area contributed by atoms with Crippen LogP contribution in [0.1, 0.15) is 98.8 Å². The van der Waals surface area contributed by atoms with Gasteiger partial charge >= 0.3 is 0 Å². The molecular weight excluding hydrogens is 328 g/mol. The predicted octanol–water partition coefficient (Wildman–Crippen LogP) is 7.00. The largest absolute Gasteiger partial charge is 0.393 e. The maximum absolute atomic E-state index is 10.2. The summed E-state index contributed by atoms with van der Waals surface area (Å²) in [6, 6.07) is 0. The number of fused-ring (bicyclic) bond motifs is 5. The van der Waals surface area contributed by atoms with E-state index in [0.717, 1.165) is 48.3 Å². The summed E-state index contributed by atoms with van der Waals surface area (Å²) in [7, 11) is 0. The van der Waals surface area contributed by atoms with Crippen molar-refractivity contribution in [2.45, 2.75) is 105 Å². The monoisotopic (exact) mass is 372 g/mol. The van der Waals surface area contributed by atoms with E-state index in [1.807, 2.05) is 0 Å². The fraction of sp³-hybridized carbons (Fsp3) is 0.923. The van der Waals surface area contributed by atoms with Crippen molar-refractivity contribution in [3.05, 3.63) is 11.6 Å². The highest BCUT2D eigenvalue weighted by molar-refractivity contribution is 5.25. The van der Waals surface area contributed by atoms with Crippen molar-refractivity contribution in [2.24, 2.45) is 46.3 Å². The van der Waals surface area contributed by atoms with Crippen LogP contribution >= 0.6 is 0 Å². The molecule has 0 saturated heterocycles. The van der Waals surface area contributed by atoms with Crippen molar-refractivity contribution in [1.82, 2.24) is 0 Å². The summed E-state index contributed by atoms with van der Waals surface area (Å²) in [6.07, 6.45) is 15.7. The van der Waals surface area contributed by atoms with E-state index in [4.69, 9.17) is 0 Å². The van der Waals surface area contributed by atoms with Gasteiger partial charge in [0, 0.05) is 0 Å². The molecule has 0 radical (unpaired) electrons. The topological polar surface area (TPSA) is 20.2 Å². The van der Waals surface area contributed by atoms with E-state index < -0.39 is 0 Å². The molecule has 0 aliphatic heterocycles. The van der Waals surface area contributed by atoms with Gasteiger partial charge in [0.15, 0.2) is 0 Å². The van der Waals surface area contributed by atoms with Crippen molar-refractivity contribution in [3.63, 3.8) is 0 Å². The lowest BCUT2D eigenvalue weighted by Crippen LogP contribution is -2.50. The van der Waals surface area contributed by atoms with E-state index >= 15 is 0 Å². The minimum absolute atomic E-state index is 0.0765. The fourth-order valence-corrected chi connectivity index (χ4v) is 8.41. The van der Waals surface area contributed by atoms with Gasteiger partial charge in [-0.1, -0.05) is 59.1 Å². The molecule has 0 aromatic carbocycles. The molecule has 3 saturated carbocycles. The third kappa shape index (κ3) is 3.24. The second kappa shape index (κ2) is 7.19. The van der Waals surface area contributed by atoms with E-state index in [1.54, 1.807) is 5.57 Å². The Morgan fingerprint density at radius 3 is 2.52 bits per heavy atom. The summed E-state index contributed by atoms with van der Waals surface area (Å²) in [5.41, 5.74) is 2.60. The normalized spacial score (nSPS) is 47.8. The SMILES string of the molecule is CC(C)CCC(C)C1CCC2C3CC=C4CC(O)CCC4(C)C3CCC12C. The molecule has 0 aromatic heterocycles. The van der Waals surface area contributed by atoms with Crippen LogP contribution in [0.5, 0.6) is 0 Å². The standard InChI is InChI=1S/C26H44O/c1-17(2)6-7-18(3)22-10-11-23-21-9-8-19-16-20(27)12-14-25(19,4)24(21)13-15-26(22,23)5/h8,17-18,20-24,27H,6-7,9-16H2,1-5H3. The Morgan fingerprint density at radius 1 is 1.00 bits per heavy atom. The lowest BCUT2D eigenvalue weighted by atomic mass is 9.47. The molecule has 1 heteroatoms. The highest BCUT2D eigenvalue weighted by Gasteiger charge is 2.59. The molecule has 4 aliphatic carbocycles. The molecule has 4 rings (SSSR count). The van der Waals surface area contributed by atoms with Crippen LogP contribution in [0.4, 0.5) is 0 Å². The maximum Gasteiger partial charge on any atom is 0.0577 e. The van der Waals surface area contributed by atoms with Crippen LogP contribution in [-0.2, 0) is 0 Å². The van der Waals surface area contributed by atoms with E-state index in [0.29, 0.717) is 10.8 Å². The summed E-state index contributed by atoms with van der Waals surface area (Å²) in [6.45, 7) is 12.6. The molecule has 0 amide bonds. The van der Waals surface area contributed by atoms with Crippen LogP contribution in [0.3, 0.4) is 0 Å². The first-order valence-corrected chi connectivity index (χ1v) is 12.1. The predicted molar refractivity (Wildman–Crippen MR) is 114 cm³/mol. The minimum atomic E-state index is -0.0765. The van der Waals surface area contributed by atoms with Crippen molar-refractivity contribution in [3.8, 4) is 0 Å². The van der Waals surface area contributed by atoms with Crippen molar-refractivity contribution in [2.75, 3.05) is 0 Å². The zero-order valence-electron chi connectivity index (χ0n) is 18.6. The van der Waals surface area contributed by atoms with Gasteiger partial charge < -0.3 is 5.11 Å². The molecule has 8 atom stereocenters. The van der Waals surface area contributed by atoms with Crippen molar-refractivity contribution >= 4 is 0 Å². The number of aliphatic hydroxyl groups excluding tert-OH is 1. The molecule has 154 valence electrons. The molecule has 1 nitrogen and oxygen atoms in total. The van der Waals surface area contributed by atoms with Gasteiger partial charge in [0.25, 0.3) is 0 Å². The second-order valence-corrected chi connectivity index (χ2v) is 11.8. The molecular formula is C26H44O. The Hall–Kier alpha value is -0.300. The van der Waals surface area contributed by atoms with Crippen LogP contribution in [-0.4, -0.2) is 11.2 Å². The molecule has 0 spiro atoms. The first-order valence-electron chi connectivity index (χ1n) is 12.1. The molecule has 1 N–H and O–H groups in total. The molecule has 0 bridgehead atoms. The van der Waals surface area contributed by atoms with Gasteiger partial charge in [-0.15, -0.1) is 0 Å². The van der Waals surface area contributed by atoms with E-state index in [2.05, 4.69) is 40.7 Å².